The van der Waals surface area contributed by atoms with E-state index in [0.29, 0.717) is 12.2 Å². The molecule has 1 amide bonds. The van der Waals surface area contributed by atoms with E-state index in [1.54, 1.807) is 26.1 Å². The van der Waals surface area contributed by atoms with Crippen LogP contribution in [0.15, 0.2) is 18.2 Å². The quantitative estimate of drug-likeness (QED) is 0.892. The highest BCUT2D eigenvalue weighted by Gasteiger charge is 2.20. The zero-order chi connectivity index (χ0) is 14.0. The monoisotopic (exact) mass is 263 g/mol. The van der Waals surface area contributed by atoms with Crippen LogP contribution in [-0.2, 0) is 11.2 Å². The van der Waals surface area contributed by atoms with E-state index >= 15 is 0 Å². The van der Waals surface area contributed by atoms with E-state index < -0.39 is 11.9 Å². The molecule has 19 heavy (non-hydrogen) atoms. The number of nitrogens with zero attached hydrogens (tertiary/aromatic N) is 1. The summed E-state index contributed by atoms with van der Waals surface area (Å²) >= 11 is 0. The van der Waals surface area contributed by atoms with Gasteiger partial charge in [0.15, 0.2) is 0 Å². The van der Waals surface area contributed by atoms with Crippen molar-refractivity contribution in [3.8, 4) is 5.75 Å². The molecule has 1 unspecified atom stereocenters. The number of benzene rings is 1. The van der Waals surface area contributed by atoms with Gasteiger partial charge in [-0.1, -0.05) is 6.92 Å². The third-order valence-electron chi connectivity index (χ3n) is 3.25. The molecule has 1 aromatic rings. The summed E-state index contributed by atoms with van der Waals surface area (Å²) in [5, 5.41) is 8.86. The number of hydrogen-bond donors (Lipinski definition) is 1. The summed E-state index contributed by atoms with van der Waals surface area (Å²) < 4.78 is 5.39. The molecule has 1 N–H and O–H groups in total. The van der Waals surface area contributed by atoms with Crippen molar-refractivity contribution < 1.29 is 19.4 Å². The Morgan fingerprint density at radius 2 is 2.21 bits per heavy atom. The van der Waals surface area contributed by atoms with E-state index in [9.17, 15) is 9.59 Å². The van der Waals surface area contributed by atoms with Gasteiger partial charge in [-0.3, -0.25) is 9.59 Å². The maximum atomic E-state index is 12.2. The van der Waals surface area contributed by atoms with Crippen LogP contribution in [0, 0.1) is 5.92 Å². The van der Waals surface area contributed by atoms with Crippen molar-refractivity contribution in [3.63, 3.8) is 0 Å². The first-order valence-electron chi connectivity index (χ1n) is 6.23. The highest BCUT2D eigenvalue weighted by Crippen LogP contribution is 2.26. The van der Waals surface area contributed by atoms with Gasteiger partial charge in [0.1, 0.15) is 5.75 Å². The van der Waals surface area contributed by atoms with Gasteiger partial charge in [-0.25, -0.2) is 0 Å². The number of carbonyl (C=O) groups excluding carboxylic acids is 1. The number of carboxylic acids is 1. The predicted molar refractivity (Wildman–Crippen MR) is 69.4 cm³/mol. The average Bonchev–Trinajstić information content (AvgIpc) is 2.84. The fourth-order valence-electron chi connectivity index (χ4n) is 2.11. The van der Waals surface area contributed by atoms with Crippen LogP contribution in [0.3, 0.4) is 0 Å². The van der Waals surface area contributed by atoms with Gasteiger partial charge in [-0.05, 0) is 23.8 Å². The molecule has 0 bridgehead atoms. The first-order valence-corrected chi connectivity index (χ1v) is 6.23. The molecule has 0 spiro atoms. The Morgan fingerprint density at radius 1 is 1.47 bits per heavy atom. The summed E-state index contributed by atoms with van der Waals surface area (Å²) in [4.78, 5) is 24.4. The van der Waals surface area contributed by atoms with Gasteiger partial charge in [0.25, 0.3) is 5.91 Å². The SMILES string of the molecule is CC(CN(C)C(=O)c1ccc2c(c1)CCO2)C(=O)O. The van der Waals surface area contributed by atoms with Gasteiger partial charge in [0.2, 0.25) is 0 Å². The second kappa shape index (κ2) is 5.30. The Labute approximate surface area is 111 Å². The first kappa shape index (κ1) is 13.4. The van der Waals surface area contributed by atoms with Gasteiger partial charge >= 0.3 is 5.97 Å². The topological polar surface area (TPSA) is 66.8 Å². The van der Waals surface area contributed by atoms with E-state index in [0.717, 1.165) is 17.7 Å². The fraction of sp³-hybridized carbons (Fsp3) is 0.429. The van der Waals surface area contributed by atoms with Crippen LogP contribution >= 0.6 is 0 Å². The molecule has 5 nitrogen and oxygen atoms in total. The summed E-state index contributed by atoms with van der Waals surface area (Å²) in [7, 11) is 1.62. The number of aliphatic carboxylic acids is 1. The largest absolute Gasteiger partial charge is 0.493 e. The summed E-state index contributed by atoms with van der Waals surface area (Å²) in [6, 6.07) is 5.34. The van der Waals surface area contributed by atoms with Crippen LogP contribution in [-0.4, -0.2) is 42.1 Å². The fourth-order valence-corrected chi connectivity index (χ4v) is 2.11. The Hall–Kier alpha value is -2.04. The van der Waals surface area contributed by atoms with Crippen molar-refractivity contribution in [3.05, 3.63) is 29.3 Å². The number of amides is 1. The normalized spacial score (nSPS) is 14.4. The molecule has 1 aromatic carbocycles. The number of fused-ring (bicyclic) bond motifs is 1. The van der Waals surface area contributed by atoms with Crippen molar-refractivity contribution in [1.29, 1.82) is 0 Å². The molecular weight excluding hydrogens is 246 g/mol. The van der Waals surface area contributed by atoms with Gasteiger partial charge in [0, 0.05) is 25.6 Å². The third kappa shape index (κ3) is 2.86. The van der Waals surface area contributed by atoms with Crippen LogP contribution < -0.4 is 4.74 Å². The maximum Gasteiger partial charge on any atom is 0.308 e. The molecule has 0 saturated carbocycles. The molecule has 102 valence electrons. The molecular formula is C14H17NO4. The highest BCUT2D eigenvalue weighted by molar-refractivity contribution is 5.94. The van der Waals surface area contributed by atoms with Crippen molar-refractivity contribution in [2.24, 2.45) is 5.92 Å². The number of carboxylic acid groups (broad SMARTS) is 1. The molecule has 0 saturated heterocycles. The van der Waals surface area contributed by atoms with Crippen molar-refractivity contribution in [2.45, 2.75) is 13.3 Å². The third-order valence-corrected chi connectivity index (χ3v) is 3.25. The average molecular weight is 263 g/mol. The standard InChI is InChI=1S/C14H17NO4/c1-9(14(17)18)8-15(2)13(16)11-3-4-12-10(7-11)5-6-19-12/h3-4,7,9H,5-6,8H2,1-2H3,(H,17,18). The van der Waals surface area contributed by atoms with Crippen molar-refractivity contribution in [2.75, 3.05) is 20.2 Å². The van der Waals surface area contributed by atoms with Crippen LogP contribution in [0.4, 0.5) is 0 Å². The minimum Gasteiger partial charge on any atom is -0.493 e. The van der Waals surface area contributed by atoms with Gasteiger partial charge in [0.05, 0.1) is 12.5 Å². The molecule has 0 radical (unpaired) electrons. The molecule has 0 fully saturated rings. The Morgan fingerprint density at radius 3 is 2.89 bits per heavy atom. The zero-order valence-corrected chi connectivity index (χ0v) is 11.0. The molecule has 1 aliphatic heterocycles. The van der Waals surface area contributed by atoms with Gasteiger partial charge in [-0.15, -0.1) is 0 Å². The Kier molecular flexibility index (Phi) is 3.74. The van der Waals surface area contributed by atoms with Crippen LogP contribution in [0.2, 0.25) is 0 Å². The molecule has 0 aromatic heterocycles. The van der Waals surface area contributed by atoms with E-state index in [4.69, 9.17) is 9.84 Å². The van der Waals surface area contributed by atoms with Gasteiger partial charge in [-0.2, -0.15) is 0 Å². The maximum absolute atomic E-state index is 12.2. The number of rotatable bonds is 4. The van der Waals surface area contributed by atoms with Crippen LogP contribution in [0.1, 0.15) is 22.8 Å². The van der Waals surface area contributed by atoms with E-state index in [1.807, 2.05) is 6.07 Å². The van der Waals surface area contributed by atoms with Crippen molar-refractivity contribution >= 4 is 11.9 Å². The van der Waals surface area contributed by atoms with E-state index in [2.05, 4.69) is 0 Å². The van der Waals surface area contributed by atoms with Crippen LogP contribution in [0.5, 0.6) is 5.75 Å². The number of carbonyl (C=O) groups is 2. The predicted octanol–water partition coefficient (Wildman–Crippen LogP) is 1.41. The molecule has 1 aliphatic rings. The lowest BCUT2D eigenvalue weighted by atomic mass is 10.1. The first-order chi connectivity index (χ1) is 8.99. The highest BCUT2D eigenvalue weighted by atomic mass is 16.5. The van der Waals surface area contributed by atoms with E-state index in [-0.39, 0.29) is 12.5 Å². The minimum absolute atomic E-state index is 0.164. The summed E-state index contributed by atoms with van der Waals surface area (Å²) in [5.41, 5.74) is 1.61. The Balaban J connectivity index is 2.09. The molecule has 1 heterocycles. The second-order valence-corrected chi connectivity index (χ2v) is 4.85. The minimum atomic E-state index is -0.901. The lowest BCUT2D eigenvalue weighted by molar-refractivity contribution is -0.141. The zero-order valence-electron chi connectivity index (χ0n) is 11.0. The number of ether oxygens (including phenoxy) is 1. The molecule has 1 atom stereocenters. The molecule has 5 heteroatoms. The van der Waals surface area contributed by atoms with E-state index in [1.165, 1.54) is 4.90 Å². The number of hydrogen-bond acceptors (Lipinski definition) is 3. The summed E-state index contributed by atoms with van der Waals surface area (Å²) in [5.74, 6) is -0.811. The van der Waals surface area contributed by atoms with Gasteiger partial charge < -0.3 is 14.7 Å². The smallest absolute Gasteiger partial charge is 0.308 e. The molecule has 2 rings (SSSR count). The lowest BCUT2D eigenvalue weighted by Gasteiger charge is -2.19. The Bertz CT molecular complexity index is 512. The summed E-state index contributed by atoms with van der Waals surface area (Å²) in [6.07, 6.45) is 0.811. The lowest BCUT2D eigenvalue weighted by Crippen LogP contribution is -2.33. The second-order valence-electron chi connectivity index (χ2n) is 4.85. The van der Waals surface area contributed by atoms with Crippen LogP contribution in [0.25, 0.3) is 0 Å². The summed E-state index contributed by atoms with van der Waals surface area (Å²) in [6.45, 7) is 2.43. The van der Waals surface area contributed by atoms with Crippen molar-refractivity contribution in [1.82, 2.24) is 4.90 Å². The molecule has 0 aliphatic carbocycles.